The highest BCUT2D eigenvalue weighted by atomic mass is 35.5. The van der Waals surface area contributed by atoms with Crippen molar-refractivity contribution in [3.8, 4) is 11.5 Å². The molecule has 2 amide bonds. The summed E-state index contributed by atoms with van der Waals surface area (Å²) in [6, 6.07) is 12.8. The maximum Gasteiger partial charge on any atom is 0.353 e. The Hall–Kier alpha value is -3.40. The monoisotopic (exact) mass is 505 g/mol. The fourth-order valence-electron chi connectivity index (χ4n) is 2.55. The van der Waals surface area contributed by atoms with Crippen molar-refractivity contribution in [3.05, 3.63) is 74.4 Å². The molecular weight excluding hydrogens is 489 g/mol. The molecule has 0 aliphatic heterocycles. The van der Waals surface area contributed by atoms with Gasteiger partial charge in [0, 0.05) is 5.56 Å². The zero-order chi connectivity index (χ0) is 24.0. The fraction of sp³-hybridized carbons (Fsp3) is 0.0909. The summed E-state index contributed by atoms with van der Waals surface area (Å²) in [5, 5.41) is 8.43. The molecular formula is C22H17Cl2N3O5S. The third kappa shape index (κ3) is 6.10. The molecule has 0 spiro atoms. The van der Waals surface area contributed by atoms with Crippen molar-refractivity contribution in [2.45, 2.75) is 6.92 Å². The number of carbonyl (C=O) groups is 3. The van der Waals surface area contributed by atoms with E-state index in [9.17, 15) is 14.4 Å². The van der Waals surface area contributed by atoms with Crippen LogP contribution in [0, 0.1) is 0 Å². The summed E-state index contributed by atoms with van der Waals surface area (Å²) in [7, 11) is 1.43. The van der Waals surface area contributed by atoms with Crippen molar-refractivity contribution in [2.24, 2.45) is 5.10 Å². The Morgan fingerprint density at radius 2 is 1.79 bits per heavy atom. The number of methoxy groups -OCH3 is 1. The van der Waals surface area contributed by atoms with E-state index < -0.39 is 17.8 Å². The molecule has 11 heteroatoms. The van der Waals surface area contributed by atoms with Crippen LogP contribution < -0.4 is 20.2 Å². The van der Waals surface area contributed by atoms with Gasteiger partial charge >= 0.3 is 17.8 Å². The zero-order valence-electron chi connectivity index (χ0n) is 17.3. The lowest BCUT2D eigenvalue weighted by Crippen LogP contribution is -2.33. The topological polar surface area (TPSA) is 106 Å². The second-order valence-corrected chi connectivity index (χ2v) is 8.16. The van der Waals surface area contributed by atoms with E-state index in [1.807, 2.05) is 0 Å². The Morgan fingerprint density at radius 1 is 1.00 bits per heavy atom. The standard InChI is InChI=1S/C22H17Cl2N3O5S/c1-12(26-27-21(29)20(28)25-15-6-3-5-14(23)19(15)24)13-8-9-16(17(11-13)31-2)32-22(30)18-7-4-10-33-18/h3-11H,1-2H3,(H,25,28)(H,27,29). The smallest absolute Gasteiger partial charge is 0.353 e. The van der Waals surface area contributed by atoms with E-state index in [1.54, 1.807) is 54.8 Å². The fourth-order valence-corrected chi connectivity index (χ4v) is 3.50. The van der Waals surface area contributed by atoms with E-state index in [-0.39, 0.29) is 21.5 Å². The SMILES string of the molecule is COc1cc(C(C)=NNC(=O)C(=O)Nc2cccc(Cl)c2Cl)ccc1OC(=O)c1cccs1. The number of ether oxygens (including phenoxy) is 2. The van der Waals surface area contributed by atoms with Crippen LogP contribution in [0.2, 0.25) is 10.0 Å². The van der Waals surface area contributed by atoms with Gasteiger partial charge in [-0.1, -0.05) is 35.3 Å². The molecule has 0 unspecified atom stereocenters. The number of hydrogen-bond donors (Lipinski definition) is 2. The van der Waals surface area contributed by atoms with Gasteiger partial charge < -0.3 is 14.8 Å². The average molecular weight is 506 g/mol. The summed E-state index contributed by atoms with van der Waals surface area (Å²) in [6.07, 6.45) is 0. The molecule has 0 aliphatic rings. The quantitative estimate of drug-likeness (QED) is 0.165. The maximum atomic E-state index is 12.2. The Bertz CT molecular complexity index is 1230. The molecule has 0 saturated carbocycles. The van der Waals surface area contributed by atoms with E-state index in [0.717, 1.165) is 0 Å². The second kappa shape index (κ2) is 11.0. The van der Waals surface area contributed by atoms with Gasteiger partial charge in [0.1, 0.15) is 4.88 Å². The van der Waals surface area contributed by atoms with Crippen molar-refractivity contribution in [1.29, 1.82) is 0 Å². The van der Waals surface area contributed by atoms with Crippen LogP contribution in [0.15, 0.2) is 59.0 Å². The minimum Gasteiger partial charge on any atom is -0.493 e. The van der Waals surface area contributed by atoms with Crippen LogP contribution in [0.25, 0.3) is 0 Å². The van der Waals surface area contributed by atoms with E-state index >= 15 is 0 Å². The third-order valence-electron chi connectivity index (χ3n) is 4.24. The summed E-state index contributed by atoms with van der Waals surface area (Å²) in [6.45, 7) is 1.62. The number of hydrogen-bond acceptors (Lipinski definition) is 7. The number of benzene rings is 2. The molecule has 0 bridgehead atoms. The normalized spacial score (nSPS) is 11.0. The van der Waals surface area contributed by atoms with Crippen molar-refractivity contribution in [2.75, 3.05) is 12.4 Å². The summed E-state index contributed by atoms with van der Waals surface area (Å²) in [4.78, 5) is 36.9. The van der Waals surface area contributed by atoms with Crippen LogP contribution in [-0.2, 0) is 9.59 Å². The molecule has 2 N–H and O–H groups in total. The first kappa shape index (κ1) is 24.2. The van der Waals surface area contributed by atoms with Gasteiger partial charge in [-0.3, -0.25) is 9.59 Å². The molecule has 1 aromatic heterocycles. The van der Waals surface area contributed by atoms with Gasteiger partial charge in [0.05, 0.1) is 28.6 Å². The Morgan fingerprint density at radius 3 is 2.48 bits per heavy atom. The number of halogens is 2. The lowest BCUT2D eigenvalue weighted by molar-refractivity contribution is -0.136. The molecule has 1 heterocycles. The molecule has 0 saturated heterocycles. The number of anilines is 1. The number of thiophene rings is 1. The molecule has 0 aliphatic carbocycles. The minimum atomic E-state index is -1.00. The van der Waals surface area contributed by atoms with E-state index in [1.165, 1.54) is 24.5 Å². The summed E-state index contributed by atoms with van der Waals surface area (Å²) < 4.78 is 10.7. The first-order valence-corrected chi connectivity index (χ1v) is 11.0. The summed E-state index contributed by atoms with van der Waals surface area (Å²) in [5.41, 5.74) is 3.32. The zero-order valence-corrected chi connectivity index (χ0v) is 19.7. The van der Waals surface area contributed by atoms with Gasteiger partial charge in [-0.2, -0.15) is 5.10 Å². The molecule has 0 fully saturated rings. The van der Waals surface area contributed by atoms with Gasteiger partial charge in [0.15, 0.2) is 11.5 Å². The highest BCUT2D eigenvalue weighted by Gasteiger charge is 2.17. The Kier molecular flexibility index (Phi) is 8.05. The highest BCUT2D eigenvalue weighted by molar-refractivity contribution is 7.12. The first-order valence-electron chi connectivity index (χ1n) is 9.34. The molecule has 2 aromatic carbocycles. The Balaban J connectivity index is 1.67. The van der Waals surface area contributed by atoms with Crippen molar-refractivity contribution in [3.63, 3.8) is 0 Å². The van der Waals surface area contributed by atoms with Crippen LogP contribution in [0.5, 0.6) is 11.5 Å². The molecule has 3 rings (SSSR count). The van der Waals surface area contributed by atoms with Gasteiger partial charge in [-0.05, 0) is 48.7 Å². The van der Waals surface area contributed by atoms with Crippen LogP contribution in [-0.4, -0.2) is 30.6 Å². The molecule has 8 nitrogen and oxygen atoms in total. The number of amides is 2. The van der Waals surface area contributed by atoms with Gasteiger partial charge in [-0.25, -0.2) is 10.2 Å². The van der Waals surface area contributed by atoms with Crippen molar-refractivity contribution < 1.29 is 23.9 Å². The van der Waals surface area contributed by atoms with Crippen LogP contribution in [0.1, 0.15) is 22.2 Å². The third-order valence-corrected chi connectivity index (χ3v) is 5.91. The van der Waals surface area contributed by atoms with Crippen LogP contribution in [0.3, 0.4) is 0 Å². The summed E-state index contributed by atoms with van der Waals surface area (Å²) in [5.74, 6) is -1.94. The predicted molar refractivity (Wildman–Crippen MR) is 128 cm³/mol. The molecule has 0 atom stereocenters. The number of nitrogens with one attached hydrogen (secondary N) is 2. The first-order chi connectivity index (χ1) is 15.8. The molecule has 33 heavy (non-hydrogen) atoms. The number of nitrogens with zero attached hydrogens (tertiary/aromatic N) is 1. The lowest BCUT2D eigenvalue weighted by Gasteiger charge is -2.11. The van der Waals surface area contributed by atoms with Crippen molar-refractivity contribution in [1.82, 2.24) is 5.43 Å². The van der Waals surface area contributed by atoms with Gasteiger partial charge in [-0.15, -0.1) is 11.3 Å². The van der Waals surface area contributed by atoms with E-state index in [4.69, 9.17) is 32.7 Å². The van der Waals surface area contributed by atoms with Crippen LogP contribution in [0.4, 0.5) is 5.69 Å². The molecule has 3 aromatic rings. The second-order valence-electron chi connectivity index (χ2n) is 6.43. The highest BCUT2D eigenvalue weighted by Crippen LogP contribution is 2.30. The average Bonchev–Trinajstić information content (AvgIpc) is 3.35. The maximum absolute atomic E-state index is 12.2. The van der Waals surface area contributed by atoms with E-state index in [2.05, 4.69) is 15.8 Å². The number of hydrazone groups is 1. The lowest BCUT2D eigenvalue weighted by atomic mass is 10.1. The molecule has 170 valence electrons. The molecule has 0 radical (unpaired) electrons. The van der Waals surface area contributed by atoms with Gasteiger partial charge in [0.2, 0.25) is 0 Å². The van der Waals surface area contributed by atoms with Crippen LogP contribution >= 0.6 is 34.5 Å². The number of carbonyl (C=O) groups excluding carboxylic acids is 3. The number of rotatable bonds is 6. The Labute approximate surface area is 203 Å². The van der Waals surface area contributed by atoms with E-state index in [0.29, 0.717) is 21.9 Å². The minimum absolute atomic E-state index is 0.118. The van der Waals surface area contributed by atoms with Gasteiger partial charge in [0.25, 0.3) is 0 Å². The van der Waals surface area contributed by atoms with Crippen molar-refractivity contribution >= 4 is 63.7 Å². The summed E-state index contributed by atoms with van der Waals surface area (Å²) >= 11 is 13.2. The predicted octanol–water partition coefficient (Wildman–Crippen LogP) is 4.76. The largest absolute Gasteiger partial charge is 0.493 e. The number of esters is 1.